The van der Waals surface area contributed by atoms with Gasteiger partial charge in [-0.25, -0.2) is 0 Å². The number of carboxylic acids is 1. The molecule has 1 aliphatic heterocycles. The average Bonchev–Trinajstić information content (AvgIpc) is 2.99. The molecule has 130 valence electrons. The molecule has 0 unspecified atom stereocenters. The summed E-state index contributed by atoms with van der Waals surface area (Å²) >= 11 is 0. The molecule has 1 heterocycles. The van der Waals surface area contributed by atoms with E-state index in [-0.39, 0.29) is 36.8 Å². The minimum atomic E-state index is -0.718. The summed E-state index contributed by atoms with van der Waals surface area (Å²) in [5.74, 6) is 0.528. The van der Waals surface area contributed by atoms with Crippen molar-refractivity contribution in [3.8, 4) is 11.5 Å². The van der Waals surface area contributed by atoms with Gasteiger partial charge in [0.15, 0.2) is 11.5 Å². The third-order valence-corrected chi connectivity index (χ3v) is 5.70. The highest BCUT2D eigenvalue weighted by atomic mass is 16.7. The van der Waals surface area contributed by atoms with Gasteiger partial charge in [-0.2, -0.15) is 0 Å². The zero-order chi connectivity index (χ0) is 16.8. The first-order valence-electron chi connectivity index (χ1n) is 8.35. The lowest BCUT2D eigenvalue weighted by Gasteiger charge is -2.43. The van der Waals surface area contributed by atoms with E-state index in [1.807, 2.05) is 12.1 Å². The molecule has 1 N–H and O–H groups in total. The quantitative estimate of drug-likeness (QED) is 0.832. The van der Waals surface area contributed by atoms with Crippen molar-refractivity contribution in [1.29, 1.82) is 0 Å². The number of hydrogen-bond acceptors (Lipinski definition) is 5. The second-order valence-electron chi connectivity index (χ2n) is 6.78. The van der Waals surface area contributed by atoms with Gasteiger partial charge in [0.1, 0.15) is 12.9 Å². The van der Waals surface area contributed by atoms with E-state index in [4.69, 9.17) is 18.9 Å². The van der Waals surface area contributed by atoms with Gasteiger partial charge in [-0.05, 0) is 36.8 Å². The normalized spacial score (nSPS) is 32.8. The van der Waals surface area contributed by atoms with E-state index in [1.54, 1.807) is 14.2 Å². The molecule has 0 amide bonds. The van der Waals surface area contributed by atoms with Crippen molar-refractivity contribution in [3.05, 3.63) is 23.3 Å². The molecule has 0 radical (unpaired) electrons. The molecule has 1 saturated carbocycles. The Hall–Kier alpha value is -1.79. The van der Waals surface area contributed by atoms with E-state index in [1.165, 1.54) is 0 Å². The van der Waals surface area contributed by atoms with Gasteiger partial charge in [0.05, 0.1) is 19.1 Å². The van der Waals surface area contributed by atoms with Crippen LogP contribution in [0.25, 0.3) is 0 Å². The van der Waals surface area contributed by atoms with Crippen LogP contribution in [0, 0.1) is 11.8 Å². The topological polar surface area (TPSA) is 74.2 Å². The first-order valence-corrected chi connectivity index (χ1v) is 8.35. The van der Waals surface area contributed by atoms with Crippen LogP contribution in [-0.2, 0) is 20.7 Å². The van der Waals surface area contributed by atoms with E-state index in [0.717, 1.165) is 29.7 Å². The van der Waals surface area contributed by atoms with Crippen molar-refractivity contribution in [2.24, 2.45) is 11.8 Å². The molecule has 6 heteroatoms. The molecule has 6 nitrogen and oxygen atoms in total. The molecule has 4 rings (SSSR count). The summed E-state index contributed by atoms with van der Waals surface area (Å²) in [7, 11) is 3.22. The molecule has 3 aliphatic rings. The van der Waals surface area contributed by atoms with Gasteiger partial charge < -0.3 is 24.1 Å². The molecule has 1 fully saturated rings. The molecule has 24 heavy (non-hydrogen) atoms. The zero-order valence-corrected chi connectivity index (χ0v) is 13.9. The predicted molar refractivity (Wildman–Crippen MR) is 84.5 cm³/mol. The van der Waals surface area contributed by atoms with Crippen molar-refractivity contribution in [3.63, 3.8) is 0 Å². The summed E-state index contributed by atoms with van der Waals surface area (Å²) in [5.41, 5.74) is 2.20. The highest BCUT2D eigenvalue weighted by Crippen LogP contribution is 2.58. The minimum Gasteiger partial charge on any atom is -0.493 e. The van der Waals surface area contributed by atoms with Crippen LogP contribution in [0.4, 0.5) is 0 Å². The van der Waals surface area contributed by atoms with E-state index < -0.39 is 5.97 Å². The second-order valence-corrected chi connectivity index (χ2v) is 6.78. The molecule has 0 saturated heterocycles. The maximum absolute atomic E-state index is 11.8. The van der Waals surface area contributed by atoms with Crippen LogP contribution >= 0.6 is 0 Å². The summed E-state index contributed by atoms with van der Waals surface area (Å²) in [6, 6.07) is 3.85. The van der Waals surface area contributed by atoms with Crippen molar-refractivity contribution in [2.75, 3.05) is 21.0 Å². The van der Waals surface area contributed by atoms with Crippen LogP contribution in [-0.4, -0.2) is 44.3 Å². The maximum Gasteiger partial charge on any atom is 0.307 e. The lowest BCUT2D eigenvalue weighted by Crippen LogP contribution is -2.48. The van der Waals surface area contributed by atoms with Gasteiger partial charge in [-0.15, -0.1) is 0 Å². The number of aliphatic carboxylic acids is 1. The Labute approximate surface area is 140 Å². The third kappa shape index (κ3) is 2.20. The molecular weight excluding hydrogens is 312 g/mol. The van der Waals surface area contributed by atoms with E-state index >= 15 is 0 Å². The fourth-order valence-electron chi connectivity index (χ4n) is 4.73. The molecule has 1 aromatic carbocycles. The Bertz CT molecular complexity index is 657. The number of rotatable bonds is 5. The number of carbonyl (C=O) groups is 1. The molecule has 0 bridgehead atoms. The Morgan fingerprint density at radius 1 is 1.33 bits per heavy atom. The van der Waals surface area contributed by atoms with Gasteiger partial charge >= 0.3 is 5.97 Å². The highest BCUT2D eigenvalue weighted by molar-refractivity contribution is 5.73. The van der Waals surface area contributed by atoms with E-state index in [9.17, 15) is 9.90 Å². The van der Waals surface area contributed by atoms with Gasteiger partial charge in [0.25, 0.3) is 0 Å². The average molecular weight is 334 g/mol. The summed E-state index contributed by atoms with van der Waals surface area (Å²) in [5, 5.41) is 9.70. The van der Waals surface area contributed by atoms with Crippen molar-refractivity contribution >= 4 is 5.97 Å². The fraction of sp³-hybridized carbons (Fsp3) is 0.611. The first kappa shape index (κ1) is 15.7. The lowest BCUT2D eigenvalue weighted by molar-refractivity contribution is -0.150. The Balaban J connectivity index is 1.77. The lowest BCUT2D eigenvalue weighted by atomic mass is 9.62. The maximum atomic E-state index is 11.8. The molecular formula is C18H22O6. The van der Waals surface area contributed by atoms with Gasteiger partial charge in [-0.3, -0.25) is 4.79 Å². The highest BCUT2D eigenvalue weighted by Gasteiger charge is 2.55. The zero-order valence-electron chi connectivity index (χ0n) is 13.9. The Kier molecular flexibility index (Phi) is 3.89. The van der Waals surface area contributed by atoms with Gasteiger partial charge in [-0.1, -0.05) is 6.07 Å². The van der Waals surface area contributed by atoms with Crippen LogP contribution in [0.15, 0.2) is 12.1 Å². The van der Waals surface area contributed by atoms with Crippen molar-refractivity contribution in [1.82, 2.24) is 0 Å². The first-order chi connectivity index (χ1) is 11.7. The summed E-state index contributed by atoms with van der Waals surface area (Å²) < 4.78 is 22.6. The number of hydrogen-bond donors (Lipinski definition) is 1. The molecule has 0 aromatic heterocycles. The van der Waals surface area contributed by atoms with Crippen LogP contribution < -0.4 is 9.47 Å². The van der Waals surface area contributed by atoms with Gasteiger partial charge in [0, 0.05) is 18.6 Å². The van der Waals surface area contributed by atoms with Crippen LogP contribution in [0.5, 0.6) is 11.5 Å². The summed E-state index contributed by atoms with van der Waals surface area (Å²) in [6.45, 7) is 0.213. The number of benzene rings is 1. The molecule has 2 aliphatic carbocycles. The van der Waals surface area contributed by atoms with E-state index in [0.29, 0.717) is 12.2 Å². The smallest absolute Gasteiger partial charge is 0.307 e. The predicted octanol–water partition coefficient (Wildman–Crippen LogP) is 2.20. The molecule has 5 atom stereocenters. The second kappa shape index (κ2) is 5.93. The van der Waals surface area contributed by atoms with E-state index in [2.05, 4.69) is 0 Å². The van der Waals surface area contributed by atoms with Crippen LogP contribution in [0.1, 0.15) is 29.9 Å². The SMILES string of the molecule is COCO[C@H]1CC[C@H]2[C@@H]3c4c(ccc(OC)c4O[C@@H]31)C[C@@H]2C(=O)O. The number of ether oxygens (including phenoxy) is 4. The largest absolute Gasteiger partial charge is 0.493 e. The van der Waals surface area contributed by atoms with Crippen molar-refractivity contribution < 1.29 is 28.8 Å². The van der Waals surface area contributed by atoms with Crippen LogP contribution in [0.2, 0.25) is 0 Å². The standard InChI is InChI=1S/C18H22O6/c1-21-8-23-13-6-4-10-11(18(19)20)7-9-3-5-12(22-2)16-14(9)15(10)17(13)24-16/h3,5,10-11,13,15,17H,4,6-8H2,1-2H3,(H,19,20)/t10-,11+,13+,15-,17-/m1/s1. The molecule has 0 spiro atoms. The van der Waals surface area contributed by atoms with Crippen LogP contribution in [0.3, 0.4) is 0 Å². The number of carboxylic acid groups (broad SMARTS) is 1. The Morgan fingerprint density at radius 2 is 2.17 bits per heavy atom. The minimum absolute atomic E-state index is 0.0514. The Morgan fingerprint density at radius 3 is 2.88 bits per heavy atom. The molecule has 1 aromatic rings. The monoisotopic (exact) mass is 334 g/mol. The summed E-state index contributed by atoms with van der Waals surface area (Å²) in [4.78, 5) is 11.8. The number of methoxy groups -OCH3 is 2. The third-order valence-electron chi connectivity index (χ3n) is 5.70. The van der Waals surface area contributed by atoms with Gasteiger partial charge in [0.2, 0.25) is 0 Å². The summed E-state index contributed by atoms with van der Waals surface area (Å²) in [6.07, 6.45) is 1.90. The fourth-order valence-corrected chi connectivity index (χ4v) is 4.73. The van der Waals surface area contributed by atoms with Crippen molar-refractivity contribution in [2.45, 2.75) is 37.4 Å².